The average Bonchev–Trinajstić information content (AvgIpc) is 3.16. The van der Waals surface area contributed by atoms with Crippen LogP contribution in [0.15, 0.2) is 17.5 Å². The molecule has 2 atom stereocenters. The number of likely N-dealkylation sites (tertiary alicyclic amines) is 1. The van der Waals surface area contributed by atoms with E-state index in [0.717, 1.165) is 16.3 Å². The van der Waals surface area contributed by atoms with Gasteiger partial charge in [-0.05, 0) is 30.9 Å². The Bertz CT molecular complexity index is 758. The van der Waals surface area contributed by atoms with Gasteiger partial charge in [-0.25, -0.2) is 9.78 Å². The second kappa shape index (κ2) is 7.21. The van der Waals surface area contributed by atoms with E-state index in [-0.39, 0.29) is 12.3 Å². The number of amides is 1. The molecule has 0 saturated carbocycles. The van der Waals surface area contributed by atoms with Gasteiger partial charge in [-0.2, -0.15) is 0 Å². The lowest BCUT2D eigenvalue weighted by Crippen LogP contribution is -2.50. The van der Waals surface area contributed by atoms with Crippen LogP contribution in [0.2, 0.25) is 4.34 Å². The largest absolute Gasteiger partial charge is 0.480 e. The molecule has 0 bridgehead atoms. The summed E-state index contributed by atoms with van der Waals surface area (Å²) in [5.74, 6) is -0.776. The van der Waals surface area contributed by atoms with Crippen molar-refractivity contribution in [2.24, 2.45) is 5.92 Å². The minimum Gasteiger partial charge on any atom is -0.480 e. The average molecular weight is 385 g/mol. The Balaban J connectivity index is 1.70. The Kier molecular flexibility index (Phi) is 5.22. The van der Waals surface area contributed by atoms with Crippen molar-refractivity contribution in [3.63, 3.8) is 0 Å². The van der Waals surface area contributed by atoms with Gasteiger partial charge in [-0.3, -0.25) is 4.79 Å². The van der Waals surface area contributed by atoms with Gasteiger partial charge in [-0.15, -0.1) is 22.7 Å². The normalized spacial score (nSPS) is 21.0. The van der Waals surface area contributed by atoms with E-state index in [4.69, 9.17) is 11.6 Å². The summed E-state index contributed by atoms with van der Waals surface area (Å²) in [6.07, 6.45) is 1.48. The Morgan fingerprint density at radius 1 is 1.46 bits per heavy atom. The molecule has 1 amide bonds. The molecule has 3 rings (SSSR count). The number of aromatic nitrogens is 1. The minimum absolute atomic E-state index is 0.133. The lowest BCUT2D eigenvalue weighted by Gasteiger charge is -2.35. The van der Waals surface area contributed by atoms with Crippen LogP contribution in [0.4, 0.5) is 0 Å². The second-order valence-corrected chi connectivity index (χ2v) is 8.57. The maximum absolute atomic E-state index is 12.5. The topological polar surface area (TPSA) is 70.5 Å². The van der Waals surface area contributed by atoms with Gasteiger partial charge < -0.3 is 10.0 Å². The van der Waals surface area contributed by atoms with Crippen LogP contribution in [-0.2, 0) is 16.0 Å². The number of thiophene rings is 1. The van der Waals surface area contributed by atoms with E-state index in [2.05, 4.69) is 4.98 Å². The molecule has 1 aliphatic rings. The van der Waals surface area contributed by atoms with Crippen LogP contribution in [0.3, 0.4) is 0 Å². The first-order valence-electron chi connectivity index (χ1n) is 7.66. The minimum atomic E-state index is -0.929. The lowest BCUT2D eigenvalue weighted by atomic mass is 9.92. The van der Waals surface area contributed by atoms with Crippen LogP contribution in [-0.4, -0.2) is 39.5 Å². The molecule has 0 radical (unpaired) electrons. The summed E-state index contributed by atoms with van der Waals surface area (Å²) in [5.41, 5.74) is 0.673. The van der Waals surface area contributed by atoms with Gasteiger partial charge in [0.05, 0.1) is 21.3 Å². The highest BCUT2D eigenvalue weighted by molar-refractivity contribution is 7.23. The van der Waals surface area contributed by atoms with Gasteiger partial charge in [0.25, 0.3) is 0 Å². The summed E-state index contributed by atoms with van der Waals surface area (Å²) in [6.45, 7) is 2.52. The number of rotatable bonds is 4. The van der Waals surface area contributed by atoms with Crippen LogP contribution in [0.5, 0.6) is 0 Å². The summed E-state index contributed by atoms with van der Waals surface area (Å²) in [5, 5.41) is 12.1. The molecule has 1 N–H and O–H groups in total. The predicted octanol–water partition coefficient (Wildman–Crippen LogP) is 3.78. The zero-order valence-corrected chi connectivity index (χ0v) is 15.5. The van der Waals surface area contributed by atoms with Gasteiger partial charge in [-0.1, -0.05) is 18.5 Å². The number of hydrogen-bond acceptors (Lipinski definition) is 5. The van der Waals surface area contributed by atoms with Crippen LogP contribution in [0, 0.1) is 5.92 Å². The summed E-state index contributed by atoms with van der Waals surface area (Å²) < 4.78 is 0.699. The van der Waals surface area contributed by atoms with E-state index in [1.54, 1.807) is 0 Å². The summed E-state index contributed by atoms with van der Waals surface area (Å²) in [7, 11) is 0. The number of carboxylic acids is 1. The molecule has 1 saturated heterocycles. The van der Waals surface area contributed by atoms with E-state index in [1.807, 2.05) is 24.4 Å². The fraction of sp³-hybridized carbons (Fsp3) is 0.438. The maximum Gasteiger partial charge on any atom is 0.326 e. The molecule has 24 heavy (non-hydrogen) atoms. The fourth-order valence-electron chi connectivity index (χ4n) is 2.86. The van der Waals surface area contributed by atoms with Crippen molar-refractivity contribution in [1.29, 1.82) is 0 Å². The number of thiazole rings is 1. The summed E-state index contributed by atoms with van der Waals surface area (Å²) in [4.78, 5) is 30.9. The van der Waals surface area contributed by atoms with Crippen molar-refractivity contribution in [2.75, 3.05) is 6.54 Å². The number of carbonyl (C=O) groups is 2. The number of hydrogen-bond donors (Lipinski definition) is 1. The predicted molar refractivity (Wildman–Crippen MR) is 95.7 cm³/mol. The van der Waals surface area contributed by atoms with Crippen molar-refractivity contribution >= 4 is 46.2 Å². The van der Waals surface area contributed by atoms with E-state index < -0.39 is 12.0 Å². The van der Waals surface area contributed by atoms with Gasteiger partial charge >= 0.3 is 5.97 Å². The monoisotopic (exact) mass is 384 g/mol. The number of nitrogens with zero attached hydrogens (tertiary/aromatic N) is 2. The highest BCUT2D eigenvalue weighted by Gasteiger charge is 2.34. The van der Waals surface area contributed by atoms with Gasteiger partial charge in [0.2, 0.25) is 5.91 Å². The second-order valence-electron chi connectivity index (χ2n) is 6.00. The molecule has 0 aromatic carbocycles. The van der Waals surface area contributed by atoms with Crippen molar-refractivity contribution in [3.05, 3.63) is 27.5 Å². The quantitative estimate of drug-likeness (QED) is 0.870. The van der Waals surface area contributed by atoms with Crippen LogP contribution in [0.1, 0.15) is 25.5 Å². The Morgan fingerprint density at radius 3 is 2.92 bits per heavy atom. The third-order valence-corrected chi connectivity index (χ3v) is 6.43. The van der Waals surface area contributed by atoms with Gasteiger partial charge in [0.1, 0.15) is 11.0 Å². The van der Waals surface area contributed by atoms with Gasteiger partial charge in [0, 0.05) is 11.9 Å². The third-order valence-electron chi connectivity index (χ3n) is 4.14. The molecular formula is C16H17ClN2O3S2. The Labute approximate surface area is 152 Å². The molecule has 5 nitrogen and oxygen atoms in total. The number of piperidine rings is 1. The number of halogens is 1. The Morgan fingerprint density at radius 2 is 2.25 bits per heavy atom. The van der Waals surface area contributed by atoms with Crippen LogP contribution in [0.25, 0.3) is 9.88 Å². The highest BCUT2D eigenvalue weighted by Crippen LogP contribution is 2.33. The molecular weight excluding hydrogens is 368 g/mol. The first-order valence-corrected chi connectivity index (χ1v) is 9.74. The first-order chi connectivity index (χ1) is 11.4. The van der Waals surface area contributed by atoms with Crippen LogP contribution >= 0.6 is 34.3 Å². The van der Waals surface area contributed by atoms with E-state index in [1.165, 1.54) is 27.6 Å². The maximum atomic E-state index is 12.5. The third kappa shape index (κ3) is 3.79. The lowest BCUT2D eigenvalue weighted by molar-refractivity contribution is -0.152. The van der Waals surface area contributed by atoms with E-state index >= 15 is 0 Å². The zero-order valence-electron chi connectivity index (χ0n) is 13.1. The van der Waals surface area contributed by atoms with E-state index in [9.17, 15) is 14.7 Å². The number of carbonyl (C=O) groups excluding carboxylic acids is 1. The van der Waals surface area contributed by atoms with Gasteiger partial charge in [0.15, 0.2) is 0 Å². The number of aliphatic carboxylic acids is 1. The number of carboxylic acid groups (broad SMARTS) is 1. The molecule has 2 aromatic rings. The zero-order chi connectivity index (χ0) is 17.3. The molecule has 128 valence electrons. The smallest absolute Gasteiger partial charge is 0.326 e. The Hall–Kier alpha value is -1.44. The molecule has 0 aliphatic carbocycles. The van der Waals surface area contributed by atoms with Crippen molar-refractivity contribution < 1.29 is 14.7 Å². The van der Waals surface area contributed by atoms with Crippen LogP contribution < -0.4 is 0 Å². The first kappa shape index (κ1) is 17.4. The highest BCUT2D eigenvalue weighted by atomic mass is 35.5. The molecule has 8 heteroatoms. The standard InChI is InChI=1S/C16H17ClN2O3S2/c1-9-4-5-19(11(6-9)16(21)22)14(20)7-10-8-23-15(18-10)12-2-3-13(17)24-12/h2-3,8-9,11H,4-7H2,1H3,(H,21,22). The molecule has 3 heterocycles. The molecule has 0 spiro atoms. The van der Waals surface area contributed by atoms with Crippen molar-refractivity contribution in [3.8, 4) is 9.88 Å². The molecule has 1 aliphatic heterocycles. The molecule has 1 fully saturated rings. The van der Waals surface area contributed by atoms with Crippen molar-refractivity contribution in [1.82, 2.24) is 9.88 Å². The SMILES string of the molecule is CC1CCN(C(=O)Cc2csc(-c3ccc(Cl)s3)n2)C(C(=O)O)C1. The molecule has 2 unspecified atom stereocenters. The molecule has 2 aromatic heterocycles. The summed E-state index contributed by atoms with van der Waals surface area (Å²) in [6, 6.07) is 3.00. The van der Waals surface area contributed by atoms with Crippen molar-refractivity contribution in [2.45, 2.75) is 32.2 Å². The fourth-order valence-corrected chi connectivity index (χ4v) is 4.80. The summed E-state index contributed by atoms with van der Waals surface area (Å²) >= 11 is 8.85. The van der Waals surface area contributed by atoms with E-state index in [0.29, 0.717) is 28.9 Å².